The molecule has 2 aromatic rings. The Bertz CT molecular complexity index is 762. The van der Waals surface area contributed by atoms with E-state index in [-0.39, 0.29) is 5.56 Å². The van der Waals surface area contributed by atoms with Gasteiger partial charge in [-0.25, -0.2) is 4.98 Å². The summed E-state index contributed by atoms with van der Waals surface area (Å²) >= 11 is 0. The van der Waals surface area contributed by atoms with Crippen LogP contribution in [0.25, 0.3) is 0 Å². The fourth-order valence-corrected chi connectivity index (χ4v) is 3.57. The molecule has 1 fully saturated rings. The zero-order chi connectivity index (χ0) is 18.6. The van der Waals surface area contributed by atoms with Crippen LogP contribution in [0.5, 0.6) is 0 Å². The number of aryl methyl sites for hydroxylation is 1. The van der Waals surface area contributed by atoms with Gasteiger partial charge in [0.2, 0.25) is 0 Å². The first-order valence-corrected chi connectivity index (χ1v) is 9.46. The van der Waals surface area contributed by atoms with Crippen LogP contribution in [0.1, 0.15) is 55.8 Å². The molecular weight excluding hydrogens is 326 g/mol. The van der Waals surface area contributed by atoms with Gasteiger partial charge < -0.3 is 10.1 Å². The average Bonchev–Trinajstić information content (AvgIpc) is 2.61. The Morgan fingerprint density at radius 1 is 1.27 bits per heavy atom. The van der Waals surface area contributed by atoms with Gasteiger partial charge in [-0.15, -0.1) is 0 Å². The Kier molecular flexibility index (Phi) is 5.89. The van der Waals surface area contributed by atoms with Crippen LogP contribution in [0, 0.1) is 0 Å². The number of aromatic amines is 1. The van der Waals surface area contributed by atoms with Crippen molar-refractivity contribution < 1.29 is 5.11 Å². The van der Waals surface area contributed by atoms with Crippen LogP contribution in [0.2, 0.25) is 0 Å². The van der Waals surface area contributed by atoms with E-state index in [1.165, 1.54) is 17.5 Å². The Morgan fingerprint density at radius 3 is 2.69 bits per heavy atom. The van der Waals surface area contributed by atoms with Gasteiger partial charge in [-0.3, -0.25) is 9.69 Å². The number of likely N-dealkylation sites (tertiary alicyclic amines) is 1. The first-order valence-electron chi connectivity index (χ1n) is 9.46. The number of nitrogens with one attached hydrogen (secondary N) is 1. The minimum Gasteiger partial charge on any atom is -0.390 e. The molecule has 2 N–H and O–H groups in total. The molecule has 26 heavy (non-hydrogen) atoms. The molecule has 0 bridgehead atoms. The summed E-state index contributed by atoms with van der Waals surface area (Å²) in [5.74, 6) is 0.331. The third-order valence-corrected chi connectivity index (χ3v) is 5.08. The van der Waals surface area contributed by atoms with Gasteiger partial charge in [-0.05, 0) is 57.2 Å². The fraction of sp³-hybridized carbons (Fsp3) is 0.524. The van der Waals surface area contributed by atoms with Crippen molar-refractivity contribution in [3.05, 3.63) is 63.8 Å². The molecule has 0 amide bonds. The molecular formula is C21H29N3O2. The smallest absolute Gasteiger partial charge is 0.250 e. The Balaban J connectivity index is 1.57. The van der Waals surface area contributed by atoms with Gasteiger partial charge in [0.05, 0.1) is 17.6 Å². The van der Waals surface area contributed by atoms with E-state index in [1.54, 1.807) is 6.07 Å². The van der Waals surface area contributed by atoms with E-state index in [9.17, 15) is 9.90 Å². The van der Waals surface area contributed by atoms with Crippen LogP contribution < -0.4 is 5.56 Å². The Hall–Kier alpha value is -1.98. The molecule has 0 unspecified atom stereocenters. The van der Waals surface area contributed by atoms with Crippen LogP contribution in [-0.2, 0) is 13.0 Å². The maximum atomic E-state index is 11.5. The van der Waals surface area contributed by atoms with E-state index in [0.717, 1.165) is 51.0 Å². The first-order chi connectivity index (χ1) is 12.4. The average molecular weight is 355 g/mol. The second-order valence-electron chi connectivity index (χ2n) is 8.04. The molecule has 1 aliphatic heterocycles. The number of aliphatic hydroxyl groups is 1. The van der Waals surface area contributed by atoms with Crippen molar-refractivity contribution in [2.24, 2.45) is 0 Å². The SMILES string of the molecule is CC(C)(O)CCc1ccc(CN2CCC[C@@H](c3cc(=O)[nH]cn3)C2)cc1. The third kappa shape index (κ3) is 5.51. The predicted octanol–water partition coefficient (Wildman–Crippen LogP) is 2.85. The highest BCUT2D eigenvalue weighted by Crippen LogP contribution is 2.25. The number of nitrogens with zero attached hydrogens (tertiary/aromatic N) is 2. The lowest BCUT2D eigenvalue weighted by Crippen LogP contribution is -2.34. The quantitative estimate of drug-likeness (QED) is 0.836. The van der Waals surface area contributed by atoms with E-state index in [2.05, 4.69) is 39.1 Å². The minimum absolute atomic E-state index is 0.0752. The molecule has 3 rings (SSSR count). The second-order valence-corrected chi connectivity index (χ2v) is 8.04. The number of piperidine rings is 1. The number of hydrogen-bond acceptors (Lipinski definition) is 4. The molecule has 5 nitrogen and oxygen atoms in total. The van der Waals surface area contributed by atoms with Crippen LogP contribution in [0.4, 0.5) is 0 Å². The maximum Gasteiger partial charge on any atom is 0.250 e. The summed E-state index contributed by atoms with van der Waals surface area (Å²) < 4.78 is 0. The molecule has 2 heterocycles. The minimum atomic E-state index is -0.616. The van der Waals surface area contributed by atoms with Crippen LogP contribution in [0.3, 0.4) is 0 Å². The largest absolute Gasteiger partial charge is 0.390 e. The van der Waals surface area contributed by atoms with Gasteiger partial charge in [-0.1, -0.05) is 24.3 Å². The lowest BCUT2D eigenvalue weighted by Gasteiger charge is -2.32. The van der Waals surface area contributed by atoms with E-state index >= 15 is 0 Å². The number of aromatic nitrogens is 2. The highest BCUT2D eigenvalue weighted by molar-refractivity contribution is 5.23. The monoisotopic (exact) mass is 355 g/mol. The van der Waals surface area contributed by atoms with Gasteiger partial charge in [0, 0.05) is 25.1 Å². The predicted molar refractivity (Wildman–Crippen MR) is 103 cm³/mol. The third-order valence-electron chi connectivity index (χ3n) is 5.08. The summed E-state index contributed by atoms with van der Waals surface area (Å²) in [4.78, 5) is 20.9. The normalized spacial score (nSPS) is 18.8. The molecule has 1 aromatic heterocycles. The maximum absolute atomic E-state index is 11.5. The molecule has 0 saturated carbocycles. The fourth-order valence-electron chi connectivity index (χ4n) is 3.57. The van der Waals surface area contributed by atoms with Crippen molar-refractivity contribution in [3.8, 4) is 0 Å². The number of rotatable bonds is 6. The number of benzene rings is 1. The Labute approximate surface area is 155 Å². The summed E-state index contributed by atoms with van der Waals surface area (Å²) in [6, 6.07) is 10.3. The van der Waals surface area contributed by atoms with Gasteiger partial charge in [0.1, 0.15) is 0 Å². The zero-order valence-corrected chi connectivity index (χ0v) is 15.7. The molecule has 1 atom stereocenters. The van der Waals surface area contributed by atoms with Crippen LogP contribution in [0.15, 0.2) is 41.5 Å². The number of H-pyrrole nitrogens is 1. The molecule has 0 radical (unpaired) electrons. The molecule has 1 aromatic carbocycles. The van der Waals surface area contributed by atoms with Gasteiger partial charge in [-0.2, -0.15) is 0 Å². The van der Waals surface area contributed by atoms with Gasteiger partial charge in [0.15, 0.2) is 0 Å². The molecule has 5 heteroatoms. The van der Waals surface area contributed by atoms with Crippen molar-refractivity contribution in [1.29, 1.82) is 0 Å². The van der Waals surface area contributed by atoms with Crippen LogP contribution >= 0.6 is 0 Å². The van der Waals surface area contributed by atoms with E-state index < -0.39 is 5.60 Å². The topological polar surface area (TPSA) is 69.2 Å². The summed E-state index contributed by atoms with van der Waals surface area (Å²) in [7, 11) is 0. The lowest BCUT2D eigenvalue weighted by atomic mass is 9.94. The lowest BCUT2D eigenvalue weighted by molar-refractivity contribution is 0.0714. The van der Waals surface area contributed by atoms with E-state index in [1.807, 2.05) is 13.8 Å². The van der Waals surface area contributed by atoms with E-state index in [0.29, 0.717) is 5.92 Å². The van der Waals surface area contributed by atoms with Gasteiger partial charge >= 0.3 is 0 Å². The van der Waals surface area contributed by atoms with Crippen molar-refractivity contribution in [2.75, 3.05) is 13.1 Å². The molecule has 0 aliphatic carbocycles. The summed E-state index contributed by atoms with van der Waals surface area (Å²) in [6.45, 7) is 6.65. The summed E-state index contributed by atoms with van der Waals surface area (Å²) in [5.41, 5.74) is 2.78. The molecule has 140 valence electrons. The summed E-state index contributed by atoms with van der Waals surface area (Å²) in [5, 5.41) is 9.85. The zero-order valence-electron chi connectivity index (χ0n) is 15.7. The second kappa shape index (κ2) is 8.14. The Morgan fingerprint density at radius 2 is 2.00 bits per heavy atom. The summed E-state index contributed by atoms with van der Waals surface area (Å²) in [6.07, 6.45) is 5.38. The molecule has 1 saturated heterocycles. The van der Waals surface area contributed by atoms with Crippen molar-refractivity contribution in [2.45, 2.75) is 57.6 Å². The van der Waals surface area contributed by atoms with Crippen molar-refractivity contribution in [1.82, 2.24) is 14.9 Å². The van der Waals surface area contributed by atoms with E-state index in [4.69, 9.17) is 0 Å². The van der Waals surface area contributed by atoms with Gasteiger partial charge in [0.25, 0.3) is 5.56 Å². The van der Waals surface area contributed by atoms with Crippen LogP contribution in [-0.4, -0.2) is 38.7 Å². The first kappa shape index (κ1) is 18.8. The highest BCUT2D eigenvalue weighted by atomic mass is 16.3. The molecule has 1 aliphatic rings. The van der Waals surface area contributed by atoms with Crippen molar-refractivity contribution in [3.63, 3.8) is 0 Å². The highest BCUT2D eigenvalue weighted by Gasteiger charge is 2.22. The number of hydrogen-bond donors (Lipinski definition) is 2. The molecule has 0 spiro atoms. The standard InChI is InChI=1S/C21H29N3O2/c1-21(2,26)10-9-16-5-7-17(8-6-16)13-24-11-3-4-18(14-24)19-12-20(25)23-15-22-19/h5-8,12,15,18,26H,3-4,9-11,13-14H2,1-2H3,(H,22,23,25)/t18-/m1/s1. The van der Waals surface area contributed by atoms with Crippen molar-refractivity contribution >= 4 is 0 Å².